The third-order valence-electron chi connectivity index (χ3n) is 3.30. The summed E-state index contributed by atoms with van der Waals surface area (Å²) in [6.45, 7) is 1.63. The van der Waals surface area contributed by atoms with E-state index in [-0.39, 0.29) is 24.3 Å². The Morgan fingerprint density at radius 2 is 2.04 bits per heavy atom. The number of amides is 1. The van der Waals surface area contributed by atoms with E-state index in [4.69, 9.17) is 26.3 Å². The summed E-state index contributed by atoms with van der Waals surface area (Å²) >= 11 is 5.84. The van der Waals surface area contributed by atoms with Gasteiger partial charge in [0.05, 0.1) is 24.3 Å². The first-order valence-electron chi connectivity index (χ1n) is 7.82. The lowest BCUT2D eigenvalue weighted by molar-refractivity contribution is -0.147. The Hall–Kier alpha value is -3.04. The van der Waals surface area contributed by atoms with Gasteiger partial charge in [-0.3, -0.25) is 9.59 Å². The van der Waals surface area contributed by atoms with Crippen LogP contribution in [0, 0.1) is 18.3 Å². The maximum Gasteiger partial charge on any atom is 0.309 e. The fourth-order valence-electron chi connectivity index (χ4n) is 2.08. The molecule has 6 nitrogen and oxygen atoms in total. The molecule has 0 radical (unpaired) electrons. The zero-order chi connectivity index (χ0) is 18.9. The average Bonchev–Trinajstić information content (AvgIpc) is 2.60. The molecule has 1 amide bonds. The SMILES string of the molecule is Cc1cccc(OCCC(=O)OCC(=O)Nc2cc(Cl)ccc2C#N)c1. The van der Waals surface area contributed by atoms with Crippen LogP contribution in [0.3, 0.4) is 0 Å². The predicted molar refractivity (Wildman–Crippen MR) is 97.0 cm³/mol. The molecule has 0 aliphatic carbocycles. The molecule has 0 atom stereocenters. The number of anilines is 1. The highest BCUT2D eigenvalue weighted by molar-refractivity contribution is 6.31. The minimum absolute atomic E-state index is 0.0157. The minimum atomic E-state index is -0.559. The number of nitriles is 1. The van der Waals surface area contributed by atoms with Crippen LogP contribution >= 0.6 is 11.6 Å². The van der Waals surface area contributed by atoms with Crippen LogP contribution in [-0.2, 0) is 14.3 Å². The second-order valence-electron chi connectivity index (χ2n) is 5.43. The van der Waals surface area contributed by atoms with Crippen LogP contribution < -0.4 is 10.1 Å². The highest BCUT2D eigenvalue weighted by Crippen LogP contribution is 2.20. The maximum absolute atomic E-state index is 11.9. The van der Waals surface area contributed by atoms with Gasteiger partial charge in [-0.05, 0) is 42.8 Å². The normalized spacial score (nSPS) is 9.88. The lowest BCUT2D eigenvalue weighted by atomic mass is 10.2. The van der Waals surface area contributed by atoms with E-state index in [0.717, 1.165) is 5.56 Å². The smallest absolute Gasteiger partial charge is 0.309 e. The highest BCUT2D eigenvalue weighted by Gasteiger charge is 2.11. The first kappa shape index (κ1) is 19.3. The second-order valence-corrected chi connectivity index (χ2v) is 5.86. The number of halogens is 1. The van der Waals surface area contributed by atoms with E-state index in [1.807, 2.05) is 31.2 Å². The summed E-state index contributed by atoms with van der Waals surface area (Å²) in [5, 5.41) is 11.9. The van der Waals surface area contributed by atoms with Gasteiger partial charge in [-0.15, -0.1) is 0 Å². The van der Waals surface area contributed by atoms with Crippen molar-refractivity contribution in [2.45, 2.75) is 13.3 Å². The number of nitrogens with one attached hydrogen (secondary N) is 1. The molecule has 0 spiro atoms. The van der Waals surface area contributed by atoms with Crippen LogP contribution in [0.4, 0.5) is 5.69 Å². The number of carbonyl (C=O) groups excluding carboxylic acids is 2. The van der Waals surface area contributed by atoms with Gasteiger partial charge in [0.25, 0.3) is 5.91 Å². The summed E-state index contributed by atoms with van der Waals surface area (Å²) in [5.41, 5.74) is 1.59. The number of carbonyl (C=O) groups is 2. The van der Waals surface area contributed by atoms with Gasteiger partial charge in [0, 0.05) is 5.02 Å². The quantitative estimate of drug-likeness (QED) is 0.752. The molecule has 134 valence electrons. The maximum atomic E-state index is 11.9. The van der Waals surface area contributed by atoms with Gasteiger partial charge in [-0.25, -0.2) is 0 Å². The summed E-state index contributed by atoms with van der Waals surface area (Å²) in [6.07, 6.45) is 0.0157. The summed E-state index contributed by atoms with van der Waals surface area (Å²) < 4.78 is 10.3. The lowest BCUT2D eigenvalue weighted by Gasteiger charge is -2.09. The summed E-state index contributed by atoms with van der Waals surface area (Å²) in [6, 6.07) is 13.9. The molecule has 2 aromatic rings. The van der Waals surface area contributed by atoms with Crippen molar-refractivity contribution in [1.82, 2.24) is 0 Å². The van der Waals surface area contributed by atoms with Crippen molar-refractivity contribution in [1.29, 1.82) is 5.26 Å². The predicted octanol–water partition coefficient (Wildman–Crippen LogP) is 3.47. The first-order valence-corrected chi connectivity index (χ1v) is 8.20. The van der Waals surface area contributed by atoms with E-state index >= 15 is 0 Å². The number of nitrogens with zero attached hydrogens (tertiary/aromatic N) is 1. The van der Waals surface area contributed by atoms with Crippen molar-refractivity contribution in [2.24, 2.45) is 0 Å². The summed E-state index contributed by atoms with van der Waals surface area (Å²) in [4.78, 5) is 23.5. The van der Waals surface area contributed by atoms with Crippen molar-refractivity contribution in [3.8, 4) is 11.8 Å². The summed E-state index contributed by atoms with van der Waals surface area (Å²) in [7, 11) is 0. The number of benzene rings is 2. The summed E-state index contributed by atoms with van der Waals surface area (Å²) in [5.74, 6) is -0.448. The standard InChI is InChI=1S/C19H17ClN2O4/c1-13-3-2-4-16(9-13)25-8-7-19(24)26-12-18(23)22-17-10-15(20)6-5-14(17)11-21/h2-6,9-10H,7-8,12H2,1H3,(H,22,23). The van der Waals surface area contributed by atoms with Crippen LogP contribution in [0.5, 0.6) is 5.75 Å². The zero-order valence-electron chi connectivity index (χ0n) is 14.1. The minimum Gasteiger partial charge on any atom is -0.493 e. The first-order chi connectivity index (χ1) is 12.5. The fourth-order valence-corrected chi connectivity index (χ4v) is 2.25. The molecule has 0 fully saturated rings. The Bertz CT molecular complexity index is 846. The van der Waals surface area contributed by atoms with Gasteiger partial charge in [0.2, 0.25) is 0 Å². The fraction of sp³-hybridized carbons (Fsp3) is 0.211. The molecule has 1 N–H and O–H groups in total. The van der Waals surface area contributed by atoms with Gasteiger partial charge >= 0.3 is 5.97 Å². The van der Waals surface area contributed by atoms with Gasteiger partial charge in [0.1, 0.15) is 11.8 Å². The third-order valence-corrected chi connectivity index (χ3v) is 3.54. The Balaban J connectivity index is 1.74. The molecule has 2 rings (SSSR count). The van der Waals surface area contributed by atoms with Gasteiger partial charge in [-0.1, -0.05) is 23.7 Å². The zero-order valence-corrected chi connectivity index (χ0v) is 14.9. The number of ether oxygens (including phenoxy) is 2. The molecule has 7 heteroatoms. The Labute approximate surface area is 156 Å². The van der Waals surface area contributed by atoms with Crippen LogP contribution in [0.1, 0.15) is 17.5 Å². The number of hydrogen-bond acceptors (Lipinski definition) is 5. The van der Waals surface area contributed by atoms with Gasteiger partial charge < -0.3 is 14.8 Å². The monoisotopic (exact) mass is 372 g/mol. The molecule has 0 aliphatic rings. The molecule has 0 heterocycles. The Morgan fingerprint density at radius 1 is 1.23 bits per heavy atom. The van der Waals surface area contributed by atoms with E-state index in [0.29, 0.717) is 10.8 Å². The lowest BCUT2D eigenvalue weighted by Crippen LogP contribution is -2.22. The van der Waals surface area contributed by atoms with Crippen LogP contribution in [-0.4, -0.2) is 25.1 Å². The number of esters is 1. The topological polar surface area (TPSA) is 88.4 Å². The van der Waals surface area contributed by atoms with Crippen molar-refractivity contribution in [3.05, 3.63) is 58.6 Å². The number of aryl methyl sites for hydroxylation is 1. The van der Waals surface area contributed by atoms with Crippen LogP contribution in [0.25, 0.3) is 0 Å². The number of hydrogen-bond donors (Lipinski definition) is 1. The molecule has 0 bridgehead atoms. The van der Waals surface area contributed by atoms with Crippen molar-refractivity contribution < 1.29 is 19.1 Å². The molecule has 0 aliphatic heterocycles. The van der Waals surface area contributed by atoms with E-state index in [1.54, 1.807) is 12.1 Å². The second kappa shape index (κ2) is 9.44. The number of rotatable bonds is 7. The largest absolute Gasteiger partial charge is 0.493 e. The van der Waals surface area contributed by atoms with Crippen molar-refractivity contribution in [2.75, 3.05) is 18.5 Å². The molecule has 26 heavy (non-hydrogen) atoms. The Morgan fingerprint density at radius 3 is 2.77 bits per heavy atom. The molecule has 0 saturated heterocycles. The molecule has 2 aromatic carbocycles. The van der Waals surface area contributed by atoms with Crippen molar-refractivity contribution >= 4 is 29.2 Å². The molecular weight excluding hydrogens is 356 g/mol. The molecule has 0 unspecified atom stereocenters. The van der Waals surface area contributed by atoms with E-state index in [9.17, 15) is 9.59 Å². The Kier molecular flexibility index (Phi) is 7.01. The molecule has 0 aromatic heterocycles. The van der Waals surface area contributed by atoms with Crippen LogP contribution in [0.15, 0.2) is 42.5 Å². The molecular formula is C19H17ClN2O4. The highest BCUT2D eigenvalue weighted by atomic mass is 35.5. The van der Waals surface area contributed by atoms with E-state index in [1.165, 1.54) is 12.1 Å². The van der Waals surface area contributed by atoms with Gasteiger partial charge in [-0.2, -0.15) is 5.26 Å². The van der Waals surface area contributed by atoms with E-state index in [2.05, 4.69) is 5.32 Å². The molecule has 0 saturated carbocycles. The van der Waals surface area contributed by atoms with E-state index < -0.39 is 18.5 Å². The third kappa shape index (κ3) is 6.11. The van der Waals surface area contributed by atoms with Crippen molar-refractivity contribution in [3.63, 3.8) is 0 Å². The van der Waals surface area contributed by atoms with Crippen LogP contribution in [0.2, 0.25) is 5.02 Å². The average molecular weight is 373 g/mol. The van der Waals surface area contributed by atoms with Gasteiger partial charge in [0.15, 0.2) is 6.61 Å².